The van der Waals surface area contributed by atoms with Crippen LogP contribution in [0.3, 0.4) is 0 Å². The molecule has 0 unspecified atom stereocenters. The van der Waals surface area contributed by atoms with E-state index >= 15 is 0 Å². The number of phenols is 1. The van der Waals surface area contributed by atoms with Gasteiger partial charge >= 0.3 is 5.63 Å². The van der Waals surface area contributed by atoms with Gasteiger partial charge in [0, 0.05) is 17.5 Å². The van der Waals surface area contributed by atoms with Crippen molar-refractivity contribution in [3.8, 4) is 5.75 Å². The fraction of sp³-hybridized carbons (Fsp3) is 0.304. The summed E-state index contributed by atoms with van der Waals surface area (Å²) in [6, 6.07) is 12.1. The van der Waals surface area contributed by atoms with Crippen molar-refractivity contribution in [3.05, 3.63) is 74.6 Å². The van der Waals surface area contributed by atoms with E-state index in [1.165, 1.54) is 5.56 Å². The first-order chi connectivity index (χ1) is 13.6. The van der Waals surface area contributed by atoms with E-state index in [1.54, 1.807) is 0 Å². The second kappa shape index (κ2) is 6.51. The third-order valence-corrected chi connectivity index (χ3v) is 5.92. The SMILES string of the molecule is Cc1cc2oc(=O)c3c(c2c(O)c1C1=NN[C@H](c2ccccc2)C1)CCCC3. The van der Waals surface area contributed by atoms with Crippen LogP contribution in [0.2, 0.25) is 0 Å². The van der Waals surface area contributed by atoms with Gasteiger partial charge in [0.2, 0.25) is 0 Å². The van der Waals surface area contributed by atoms with Crippen LogP contribution in [0.5, 0.6) is 5.75 Å². The first-order valence-corrected chi connectivity index (χ1v) is 9.82. The summed E-state index contributed by atoms with van der Waals surface area (Å²) >= 11 is 0. The van der Waals surface area contributed by atoms with Gasteiger partial charge in [0.1, 0.15) is 11.3 Å². The normalized spacial score (nSPS) is 18.6. The summed E-state index contributed by atoms with van der Waals surface area (Å²) in [7, 11) is 0. The lowest BCUT2D eigenvalue weighted by Gasteiger charge is -2.19. The smallest absolute Gasteiger partial charge is 0.339 e. The third kappa shape index (κ3) is 2.61. The Balaban J connectivity index is 1.63. The van der Waals surface area contributed by atoms with E-state index in [-0.39, 0.29) is 17.4 Å². The molecular weight excluding hydrogens is 352 g/mol. The number of hydrazone groups is 1. The number of rotatable bonds is 2. The molecule has 2 aromatic carbocycles. The maximum atomic E-state index is 12.4. The Labute approximate surface area is 162 Å². The standard InChI is InChI=1S/C23H22N2O3/c1-13-11-19-21(15-9-5-6-10-16(15)23(27)28-19)22(26)20(13)18-12-17(24-25-18)14-7-3-2-4-8-14/h2-4,7-8,11,17,24,26H,5-6,9-10,12H2,1H3/t17-/m0/s1. The predicted octanol–water partition coefficient (Wildman–Crippen LogP) is 4.12. The summed E-state index contributed by atoms with van der Waals surface area (Å²) in [5.41, 5.74) is 8.68. The molecule has 28 heavy (non-hydrogen) atoms. The van der Waals surface area contributed by atoms with Crippen LogP contribution < -0.4 is 11.1 Å². The molecule has 2 heterocycles. The Morgan fingerprint density at radius 2 is 1.89 bits per heavy atom. The molecule has 0 saturated carbocycles. The van der Waals surface area contributed by atoms with Gasteiger partial charge in [0.15, 0.2) is 0 Å². The van der Waals surface area contributed by atoms with Crippen LogP contribution in [-0.4, -0.2) is 10.8 Å². The number of aryl methyl sites for hydroxylation is 2. The maximum absolute atomic E-state index is 12.4. The molecule has 2 aliphatic rings. The summed E-state index contributed by atoms with van der Waals surface area (Å²) in [6.07, 6.45) is 4.22. The lowest BCUT2D eigenvalue weighted by Crippen LogP contribution is -2.16. The summed E-state index contributed by atoms with van der Waals surface area (Å²) < 4.78 is 5.56. The largest absolute Gasteiger partial charge is 0.506 e. The summed E-state index contributed by atoms with van der Waals surface area (Å²) in [4.78, 5) is 12.4. The van der Waals surface area contributed by atoms with Gasteiger partial charge in [0.25, 0.3) is 0 Å². The van der Waals surface area contributed by atoms with Crippen LogP contribution in [-0.2, 0) is 12.8 Å². The van der Waals surface area contributed by atoms with Crippen LogP contribution in [0, 0.1) is 6.92 Å². The molecule has 5 nitrogen and oxygen atoms in total. The Bertz CT molecular complexity index is 1160. The lowest BCUT2D eigenvalue weighted by atomic mass is 9.87. The maximum Gasteiger partial charge on any atom is 0.339 e. The van der Waals surface area contributed by atoms with Crippen LogP contribution in [0.4, 0.5) is 0 Å². The van der Waals surface area contributed by atoms with E-state index in [9.17, 15) is 9.90 Å². The quantitative estimate of drug-likeness (QED) is 0.662. The molecule has 5 rings (SSSR count). The molecule has 0 amide bonds. The van der Waals surface area contributed by atoms with Gasteiger partial charge in [-0.3, -0.25) is 0 Å². The van der Waals surface area contributed by atoms with Gasteiger partial charge in [-0.15, -0.1) is 0 Å². The second-order valence-corrected chi connectivity index (χ2v) is 7.70. The van der Waals surface area contributed by atoms with Crippen molar-refractivity contribution in [3.63, 3.8) is 0 Å². The molecule has 2 N–H and O–H groups in total. The molecule has 0 fully saturated rings. The van der Waals surface area contributed by atoms with E-state index in [2.05, 4.69) is 22.7 Å². The van der Waals surface area contributed by atoms with Crippen molar-refractivity contribution < 1.29 is 9.52 Å². The third-order valence-electron chi connectivity index (χ3n) is 5.92. The van der Waals surface area contributed by atoms with Crippen molar-refractivity contribution >= 4 is 16.7 Å². The highest BCUT2D eigenvalue weighted by molar-refractivity contribution is 6.09. The molecule has 0 spiro atoms. The van der Waals surface area contributed by atoms with E-state index in [1.807, 2.05) is 31.2 Å². The number of hydrogen-bond acceptors (Lipinski definition) is 5. The molecule has 1 aliphatic carbocycles. The fourth-order valence-electron chi connectivity index (χ4n) is 4.55. The molecule has 5 heteroatoms. The van der Waals surface area contributed by atoms with Crippen molar-refractivity contribution in [1.29, 1.82) is 0 Å². The molecular formula is C23H22N2O3. The van der Waals surface area contributed by atoms with Gasteiger partial charge in [-0.1, -0.05) is 30.3 Å². The zero-order valence-corrected chi connectivity index (χ0v) is 15.8. The van der Waals surface area contributed by atoms with Gasteiger partial charge in [0.05, 0.1) is 17.1 Å². The van der Waals surface area contributed by atoms with E-state index in [4.69, 9.17) is 4.42 Å². The second-order valence-electron chi connectivity index (χ2n) is 7.70. The topological polar surface area (TPSA) is 74.8 Å². The van der Waals surface area contributed by atoms with Gasteiger partial charge in [-0.05, 0) is 55.4 Å². The Morgan fingerprint density at radius 1 is 1.14 bits per heavy atom. The number of nitrogens with one attached hydrogen (secondary N) is 1. The van der Waals surface area contributed by atoms with Crippen LogP contribution in [0.25, 0.3) is 11.0 Å². The Morgan fingerprint density at radius 3 is 2.68 bits per heavy atom. The Hall–Kier alpha value is -3.08. The first kappa shape index (κ1) is 17.0. The summed E-state index contributed by atoms with van der Waals surface area (Å²) in [5, 5.41) is 16.4. The van der Waals surface area contributed by atoms with Crippen LogP contribution in [0.1, 0.15) is 53.1 Å². The zero-order valence-electron chi connectivity index (χ0n) is 15.8. The van der Waals surface area contributed by atoms with Gasteiger partial charge < -0.3 is 14.9 Å². The van der Waals surface area contributed by atoms with E-state index < -0.39 is 0 Å². The van der Waals surface area contributed by atoms with E-state index in [0.717, 1.165) is 53.6 Å². The average molecular weight is 374 g/mol. The molecule has 0 saturated heterocycles. The molecule has 0 radical (unpaired) electrons. The minimum absolute atomic E-state index is 0.0910. The molecule has 142 valence electrons. The highest BCUT2D eigenvalue weighted by atomic mass is 16.4. The van der Waals surface area contributed by atoms with Crippen molar-refractivity contribution in [2.24, 2.45) is 5.10 Å². The number of nitrogens with zero attached hydrogens (tertiary/aromatic N) is 1. The molecule has 3 aromatic rings. The molecule has 0 bridgehead atoms. The number of fused-ring (bicyclic) bond motifs is 3. The highest BCUT2D eigenvalue weighted by Crippen LogP contribution is 2.39. The van der Waals surface area contributed by atoms with Crippen molar-refractivity contribution in [2.45, 2.75) is 45.1 Å². The number of phenolic OH excluding ortho intramolecular Hbond substituents is 1. The molecule has 1 aromatic heterocycles. The minimum atomic E-state index is -0.266. The van der Waals surface area contributed by atoms with Gasteiger partial charge in [-0.25, -0.2) is 4.79 Å². The average Bonchev–Trinajstić information content (AvgIpc) is 3.18. The van der Waals surface area contributed by atoms with E-state index in [0.29, 0.717) is 17.4 Å². The summed E-state index contributed by atoms with van der Waals surface area (Å²) in [5.74, 6) is 0.186. The van der Waals surface area contributed by atoms with Crippen LogP contribution in [0.15, 0.2) is 50.7 Å². The number of aromatic hydroxyl groups is 1. The van der Waals surface area contributed by atoms with Crippen molar-refractivity contribution in [2.75, 3.05) is 0 Å². The first-order valence-electron chi connectivity index (χ1n) is 9.82. The number of benzene rings is 2. The monoisotopic (exact) mass is 374 g/mol. The fourth-order valence-corrected chi connectivity index (χ4v) is 4.55. The summed E-state index contributed by atoms with van der Waals surface area (Å²) in [6.45, 7) is 1.92. The highest BCUT2D eigenvalue weighted by Gasteiger charge is 2.28. The predicted molar refractivity (Wildman–Crippen MR) is 109 cm³/mol. The van der Waals surface area contributed by atoms with Gasteiger partial charge in [-0.2, -0.15) is 5.10 Å². The lowest BCUT2D eigenvalue weighted by molar-refractivity contribution is 0.474. The van der Waals surface area contributed by atoms with Crippen molar-refractivity contribution in [1.82, 2.24) is 5.43 Å². The number of hydrogen-bond donors (Lipinski definition) is 2. The van der Waals surface area contributed by atoms with Crippen LogP contribution >= 0.6 is 0 Å². The minimum Gasteiger partial charge on any atom is -0.506 e. The Kier molecular flexibility index (Phi) is 3.97. The molecule has 1 aliphatic heterocycles. The zero-order chi connectivity index (χ0) is 19.3. The molecule has 1 atom stereocenters.